The van der Waals surface area contributed by atoms with Crippen LogP contribution in [0.5, 0.6) is 11.5 Å². The van der Waals surface area contributed by atoms with Crippen LogP contribution in [-0.4, -0.2) is 88.9 Å². The van der Waals surface area contributed by atoms with Crippen molar-refractivity contribution in [3.8, 4) is 11.5 Å². The Morgan fingerprint density at radius 3 is 1.95 bits per heavy atom. The first-order chi connectivity index (χ1) is 29.0. The van der Waals surface area contributed by atoms with E-state index >= 15 is 4.39 Å². The molecule has 0 saturated carbocycles. The Morgan fingerprint density at radius 2 is 1.46 bits per heavy atom. The number of methoxy groups -OCH3 is 2. The van der Waals surface area contributed by atoms with Crippen molar-refractivity contribution in [3.05, 3.63) is 118 Å². The average molecular weight is 881 g/mol. The van der Waals surface area contributed by atoms with E-state index in [1.165, 1.54) is 30.9 Å². The van der Waals surface area contributed by atoms with Crippen LogP contribution in [0.4, 0.5) is 10.2 Å². The molecule has 16 heteroatoms. The number of thioether (sulfide) groups is 1. The predicted octanol–water partition coefficient (Wildman–Crippen LogP) is 8.52. The molecule has 5 rings (SSSR count). The molecule has 1 aliphatic rings. The maximum absolute atomic E-state index is 17.4. The number of anilines is 1. The summed E-state index contributed by atoms with van der Waals surface area (Å²) in [5.41, 5.74) is -0.363. The molecule has 0 bridgehead atoms. The molecule has 1 aromatic heterocycles. The van der Waals surface area contributed by atoms with Crippen LogP contribution in [0.25, 0.3) is 0 Å². The number of halogens is 1. The van der Waals surface area contributed by atoms with Crippen LogP contribution < -0.4 is 20.5 Å². The third kappa shape index (κ3) is 11.6. The number of amides is 1. The Kier molecular flexibility index (Phi) is 16.7. The molecule has 61 heavy (non-hydrogen) atoms. The summed E-state index contributed by atoms with van der Waals surface area (Å²) in [6, 6.07) is 26.0. The van der Waals surface area contributed by atoms with Gasteiger partial charge in [0.05, 0.1) is 27.4 Å². The molecule has 1 aliphatic heterocycles. The molecule has 0 spiro atoms. The molecule has 0 aliphatic carbocycles. The second-order valence-electron chi connectivity index (χ2n) is 16.1. The highest BCUT2D eigenvalue weighted by atomic mass is 32.2. The summed E-state index contributed by atoms with van der Waals surface area (Å²) in [4.78, 5) is 41.9. The van der Waals surface area contributed by atoms with Crippen LogP contribution in [0.15, 0.2) is 95.9 Å². The van der Waals surface area contributed by atoms with E-state index in [-0.39, 0.29) is 36.2 Å². The van der Waals surface area contributed by atoms with E-state index in [2.05, 4.69) is 10.3 Å². The van der Waals surface area contributed by atoms with E-state index in [1.54, 1.807) is 14.2 Å². The zero-order valence-electron chi connectivity index (χ0n) is 36.5. The molecule has 0 radical (unpaired) electrons. The minimum Gasteiger partial charge on any atom is -0.497 e. The number of hydrogen-bond acceptors (Lipinski definition) is 12. The van der Waals surface area contributed by atoms with E-state index in [0.717, 1.165) is 21.3 Å². The van der Waals surface area contributed by atoms with Gasteiger partial charge in [-0.2, -0.15) is 4.98 Å². The van der Waals surface area contributed by atoms with Gasteiger partial charge in [-0.15, -0.1) is 0 Å². The van der Waals surface area contributed by atoms with Crippen molar-refractivity contribution < 1.29 is 42.0 Å². The second-order valence-corrected chi connectivity index (χ2v) is 18.6. The van der Waals surface area contributed by atoms with Gasteiger partial charge in [-0.05, 0) is 74.7 Å². The fourth-order valence-electron chi connectivity index (χ4n) is 7.01. The molecule has 5 atom stereocenters. The Hall–Kier alpha value is -4.21. The van der Waals surface area contributed by atoms with Crippen molar-refractivity contribution in [1.29, 1.82) is 0 Å². The van der Waals surface area contributed by atoms with E-state index < -0.39 is 55.7 Å². The van der Waals surface area contributed by atoms with Gasteiger partial charge in [0.25, 0.3) is 8.53 Å². The highest BCUT2D eigenvalue weighted by Gasteiger charge is 2.51. The maximum Gasteiger partial charge on any atom is 0.351 e. The van der Waals surface area contributed by atoms with Gasteiger partial charge in [0.2, 0.25) is 5.91 Å². The summed E-state index contributed by atoms with van der Waals surface area (Å²) in [6.45, 7) is 14.8. The number of ether oxygens (including phenoxy) is 4. The number of carbonyl (C=O) groups is 2. The van der Waals surface area contributed by atoms with Gasteiger partial charge in [-0.3, -0.25) is 14.2 Å². The van der Waals surface area contributed by atoms with Crippen LogP contribution in [0.3, 0.4) is 0 Å². The molecule has 1 N–H and O–H groups in total. The van der Waals surface area contributed by atoms with Crippen LogP contribution >= 0.6 is 20.3 Å². The van der Waals surface area contributed by atoms with Gasteiger partial charge < -0.3 is 33.3 Å². The topological polar surface area (TPSA) is 140 Å². The van der Waals surface area contributed by atoms with Gasteiger partial charge in [0.15, 0.2) is 17.5 Å². The van der Waals surface area contributed by atoms with Crippen molar-refractivity contribution in [3.63, 3.8) is 0 Å². The van der Waals surface area contributed by atoms with Gasteiger partial charge >= 0.3 is 5.69 Å². The Morgan fingerprint density at radius 1 is 0.902 bits per heavy atom. The summed E-state index contributed by atoms with van der Waals surface area (Å²) in [6.07, 6.45) is -4.49. The SMILES string of the molecule is COc1ccc(C(OC[C@H]2O[C@@H](n3ccc(NC(C)=O)nc3=O)[C@@H](F)[C@H]2OP(OCCSC(=O)C(C)(C)C)N(C(C)C)C(C)C)(c2ccccc2)c2ccc(OC)cc2)cc1. The summed E-state index contributed by atoms with van der Waals surface area (Å²) in [5.74, 6) is 1.26. The van der Waals surface area contributed by atoms with Gasteiger partial charge in [0, 0.05) is 36.4 Å². The summed E-state index contributed by atoms with van der Waals surface area (Å²) in [5, 5.41) is 2.51. The lowest BCUT2D eigenvalue weighted by Gasteiger charge is -2.39. The first-order valence-electron chi connectivity index (χ1n) is 20.2. The lowest BCUT2D eigenvalue weighted by Crippen LogP contribution is -2.41. The molecule has 1 saturated heterocycles. The monoisotopic (exact) mass is 880 g/mol. The van der Waals surface area contributed by atoms with Gasteiger partial charge in [0.1, 0.15) is 35.1 Å². The number of alkyl halides is 1. The van der Waals surface area contributed by atoms with Crippen LogP contribution in [0.2, 0.25) is 0 Å². The van der Waals surface area contributed by atoms with E-state index in [1.807, 2.05) is 132 Å². The molecule has 2 heterocycles. The average Bonchev–Trinajstić information content (AvgIpc) is 3.52. The summed E-state index contributed by atoms with van der Waals surface area (Å²) < 4.78 is 58.4. The first-order valence-corrected chi connectivity index (χ1v) is 22.3. The normalized spacial score (nSPS) is 18.7. The first kappa shape index (κ1) is 47.8. The Bertz CT molecular complexity index is 2050. The number of carbonyl (C=O) groups excluding carboxylic acids is 2. The number of aromatic nitrogens is 2. The summed E-state index contributed by atoms with van der Waals surface area (Å²) in [7, 11) is 1.23. The zero-order valence-corrected chi connectivity index (χ0v) is 38.2. The molecule has 3 aromatic carbocycles. The quantitative estimate of drug-likeness (QED) is 0.0549. The molecule has 1 unspecified atom stereocenters. The minimum absolute atomic E-state index is 0.0192. The second kappa shape index (κ2) is 21.2. The molecular weight excluding hydrogens is 823 g/mol. The largest absolute Gasteiger partial charge is 0.497 e. The van der Waals surface area contributed by atoms with Crippen molar-refractivity contribution in [2.24, 2.45) is 5.41 Å². The molecule has 4 aromatic rings. The van der Waals surface area contributed by atoms with Crippen molar-refractivity contribution in [1.82, 2.24) is 14.2 Å². The fraction of sp³-hybridized carbons (Fsp3) is 0.467. The van der Waals surface area contributed by atoms with E-state index in [4.69, 9.17) is 28.0 Å². The molecule has 1 fully saturated rings. The van der Waals surface area contributed by atoms with Crippen LogP contribution in [0, 0.1) is 5.41 Å². The summed E-state index contributed by atoms with van der Waals surface area (Å²) >= 11 is 1.18. The minimum atomic E-state index is -1.96. The number of nitrogens with zero attached hydrogens (tertiary/aromatic N) is 3. The lowest BCUT2D eigenvalue weighted by molar-refractivity contribution is -0.117. The van der Waals surface area contributed by atoms with E-state index in [9.17, 15) is 14.4 Å². The maximum atomic E-state index is 17.4. The zero-order chi connectivity index (χ0) is 44.5. The van der Waals surface area contributed by atoms with E-state index in [0.29, 0.717) is 17.3 Å². The Labute approximate surface area is 363 Å². The highest BCUT2D eigenvalue weighted by Crippen LogP contribution is 2.51. The number of hydrogen-bond donors (Lipinski definition) is 1. The molecular formula is C45H58FN4O9PS. The van der Waals surface area contributed by atoms with Gasteiger partial charge in [-0.1, -0.05) is 87.1 Å². The fourth-order valence-corrected chi connectivity index (χ4v) is 9.68. The third-order valence-electron chi connectivity index (χ3n) is 9.90. The highest BCUT2D eigenvalue weighted by molar-refractivity contribution is 8.13. The van der Waals surface area contributed by atoms with Crippen molar-refractivity contribution >= 4 is 37.1 Å². The molecule has 330 valence electrons. The predicted molar refractivity (Wildman–Crippen MR) is 237 cm³/mol. The third-order valence-corrected chi connectivity index (χ3v) is 13.3. The Balaban J connectivity index is 1.59. The smallest absolute Gasteiger partial charge is 0.351 e. The number of rotatable bonds is 19. The van der Waals surface area contributed by atoms with Crippen molar-refractivity contribution in [2.45, 2.75) is 97.7 Å². The molecule has 13 nitrogen and oxygen atoms in total. The van der Waals surface area contributed by atoms with Crippen LogP contribution in [0.1, 0.15) is 78.3 Å². The number of benzene rings is 3. The standard InChI is InChI=1S/C45H58FN4O9PS/c1-29(2)50(30(3)4)60(57-26-27-61-42(52)44(6,7)8)59-40-37(58-41(39(40)46)49-25-24-38(47-31(5)51)48-43(49)53)28-56-45(32-14-12-11-13-15-32,33-16-20-35(54-9)21-17-33)34-18-22-36(55-10)23-19-34/h11-25,29-30,37,39-41H,26-28H2,1-10H3,(H,47,48,51,53)/t37-,39+,40+,41-,60?/m1/s1. The van der Waals surface area contributed by atoms with Gasteiger partial charge in [-0.25, -0.2) is 13.9 Å². The van der Waals surface area contributed by atoms with Crippen molar-refractivity contribution in [2.75, 3.05) is 38.5 Å². The number of nitrogens with one attached hydrogen (secondary N) is 1. The molecule has 1 amide bonds. The van der Waals surface area contributed by atoms with Crippen LogP contribution in [-0.2, 0) is 33.7 Å². The lowest BCUT2D eigenvalue weighted by atomic mass is 9.80.